The molecule has 0 bridgehead atoms. The van der Waals surface area contributed by atoms with E-state index in [4.69, 9.17) is 11.6 Å². The van der Waals surface area contributed by atoms with Gasteiger partial charge in [0.05, 0.1) is 0 Å². The number of anilines is 2. The third-order valence-corrected chi connectivity index (χ3v) is 1.75. The molecule has 7 nitrogen and oxygen atoms in total. The summed E-state index contributed by atoms with van der Waals surface area (Å²) in [6.07, 6.45) is 0.956. The zero-order valence-electron chi connectivity index (χ0n) is 8.56. The molecule has 0 aliphatic carbocycles. The second kappa shape index (κ2) is 4.77. The minimum atomic E-state index is 0.281. The van der Waals surface area contributed by atoms with E-state index in [9.17, 15) is 0 Å². The van der Waals surface area contributed by atoms with Crippen LogP contribution in [-0.4, -0.2) is 47.3 Å². The molecule has 1 heterocycles. The molecular formula is C7H17N7. The molecule has 1 rings (SSSR count). The predicted octanol–water partition coefficient (Wildman–Crippen LogP) is -0.981. The minimum Gasteiger partial charge on any atom is -0.368 e. The fraction of sp³-hybridized carbons (Fsp3) is 0.714. The Bertz CT molecular complexity index is 269. The standard InChI is InChI=1S/C7H17N7/c1-13(2)4-3-5-14(9)7-10-6(8)11-12-7/h3-5,9H2,1-2H3,(H3,8,10,11,12). The van der Waals surface area contributed by atoms with Crippen LogP contribution in [0.5, 0.6) is 0 Å². The van der Waals surface area contributed by atoms with E-state index in [2.05, 4.69) is 20.1 Å². The van der Waals surface area contributed by atoms with Gasteiger partial charge in [-0.05, 0) is 27.1 Å². The van der Waals surface area contributed by atoms with Gasteiger partial charge >= 0.3 is 0 Å². The quantitative estimate of drug-likeness (QED) is 0.416. The number of nitrogens with one attached hydrogen (secondary N) is 1. The lowest BCUT2D eigenvalue weighted by atomic mass is 10.4. The monoisotopic (exact) mass is 199 g/mol. The van der Waals surface area contributed by atoms with E-state index >= 15 is 0 Å². The highest BCUT2D eigenvalue weighted by Gasteiger charge is 2.06. The number of nitrogens with two attached hydrogens (primary N) is 2. The van der Waals surface area contributed by atoms with E-state index in [-0.39, 0.29) is 5.95 Å². The second-order valence-corrected chi connectivity index (χ2v) is 3.37. The van der Waals surface area contributed by atoms with Crippen molar-refractivity contribution >= 4 is 11.9 Å². The number of aromatic nitrogens is 3. The highest BCUT2D eigenvalue weighted by molar-refractivity contribution is 5.31. The molecule has 0 radical (unpaired) electrons. The van der Waals surface area contributed by atoms with E-state index < -0.39 is 0 Å². The van der Waals surface area contributed by atoms with Crippen LogP contribution in [0.4, 0.5) is 11.9 Å². The van der Waals surface area contributed by atoms with Crippen LogP contribution in [0.3, 0.4) is 0 Å². The number of nitrogens with zero attached hydrogens (tertiary/aromatic N) is 4. The van der Waals surface area contributed by atoms with E-state index in [1.165, 1.54) is 5.01 Å². The van der Waals surface area contributed by atoms with Crippen molar-refractivity contribution < 1.29 is 0 Å². The van der Waals surface area contributed by atoms with Crippen LogP contribution in [0.1, 0.15) is 6.42 Å². The Balaban J connectivity index is 2.32. The molecular weight excluding hydrogens is 182 g/mol. The van der Waals surface area contributed by atoms with Crippen molar-refractivity contribution in [2.45, 2.75) is 6.42 Å². The second-order valence-electron chi connectivity index (χ2n) is 3.37. The Labute approximate surface area is 83.0 Å². The number of hydrazine groups is 1. The maximum Gasteiger partial charge on any atom is 0.260 e. The van der Waals surface area contributed by atoms with Crippen LogP contribution >= 0.6 is 0 Å². The van der Waals surface area contributed by atoms with E-state index in [0.29, 0.717) is 12.5 Å². The van der Waals surface area contributed by atoms with Crippen molar-refractivity contribution in [3.05, 3.63) is 0 Å². The largest absolute Gasteiger partial charge is 0.368 e. The Kier molecular flexibility index (Phi) is 3.66. The lowest BCUT2D eigenvalue weighted by Gasteiger charge is -2.15. The first-order valence-corrected chi connectivity index (χ1v) is 4.44. The van der Waals surface area contributed by atoms with Gasteiger partial charge in [0.1, 0.15) is 0 Å². The van der Waals surface area contributed by atoms with Crippen LogP contribution < -0.4 is 16.6 Å². The molecule has 1 aromatic heterocycles. The molecule has 80 valence electrons. The summed E-state index contributed by atoms with van der Waals surface area (Å²) in [5.41, 5.74) is 5.37. The third kappa shape index (κ3) is 3.19. The van der Waals surface area contributed by atoms with Crippen LogP contribution in [0.2, 0.25) is 0 Å². The van der Waals surface area contributed by atoms with Crippen molar-refractivity contribution in [3.8, 4) is 0 Å². The van der Waals surface area contributed by atoms with Gasteiger partial charge in [0.2, 0.25) is 5.95 Å². The Morgan fingerprint density at radius 3 is 2.57 bits per heavy atom. The first kappa shape index (κ1) is 10.7. The molecule has 14 heavy (non-hydrogen) atoms. The van der Waals surface area contributed by atoms with Gasteiger partial charge in [-0.25, -0.2) is 10.9 Å². The Hall–Kier alpha value is -1.34. The number of rotatable bonds is 5. The molecule has 0 amide bonds. The summed E-state index contributed by atoms with van der Waals surface area (Å²) in [5, 5.41) is 7.86. The molecule has 0 atom stereocenters. The molecule has 5 N–H and O–H groups in total. The smallest absolute Gasteiger partial charge is 0.260 e. The third-order valence-electron chi connectivity index (χ3n) is 1.75. The summed E-state index contributed by atoms with van der Waals surface area (Å²) in [4.78, 5) is 6.00. The van der Waals surface area contributed by atoms with Gasteiger partial charge in [-0.3, -0.25) is 5.01 Å². The highest BCUT2D eigenvalue weighted by atomic mass is 15.5. The van der Waals surface area contributed by atoms with E-state index in [0.717, 1.165) is 13.0 Å². The fourth-order valence-corrected chi connectivity index (χ4v) is 1.05. The van der Waals surface area contributed by atoms with Crippen molar-refractivity contribution in [1.29, 1.82) is 0 Å². The number of aromatic amines is 1. The van der Waals surface area contributed by atoms with Gasteiger partial charge in [-0.2, -0.15) is 4.98 Å². The lowest BCUT2D eigenvalue weighted by Crippen LogP contribution is -2.34. The number of H-pyrrole nitrogens is 1. The minimum absolute atomic E-state index is 0.281. The highest BCUT2D eigenvalue weighted by Crippen LogP contribution is 2.03. The van der Waals surface area contributed by atoms with Crippen LogP contribution in [0.25, 0.3) is 0 Å². The van der Waals surface area contributed by atoms with E-state index in [1.54, 1.807) is 0 Å². The SMILES string of the molecule is CN(C)CCCN(N)c1n[nH]c(N)n1. The molecule has 0 aliphatic heterocycles. The van der Waals surface area contributed by atoms with Crippen molar-refractivity contribution in [1.82, 2.24) is 20.1 Å². The number of hydrogen-bond acceptors (Lipinski definition) is 6. The molecule has 0 saturated carbocycles. The molecule has 0 aromatic carbocycles. The zero-order valence-corrected chi connectivity index (χ0v) is 8.56. The lowest BCUT2D eigenvalue weighted by molar-refractivity contribution is 0.400. The summed E-state index contributed by atoms with van der Waals surface area (Å²) in [7, 11) is 4.04. The Morgan fingerprint density at radius 1 is 1.36 bits per heavy atom. The molecule has 1 aromatic rings. The van der Waals surface area contributed by atoms with Gasteiger partial charge in [0, 0.05) is 6.54 Å². The first-order chi connectivity index (χ1) is 6.59. The molecule has 0 unspecified atom stereocenters. The summed E-state index contributed by atoms with van der Waals surface area (Å²) >= 11 is 0. The summed E-state index contributed by atoms with van der Waals surface area (Å²) in [6, 6.07) is 0. The average molecular weight is 199 g/mol. The fourth-order valence-electron chi connectivity index (χ4n) is 1.05. The Morgan fingerprint density at radius 2 is 2.07 bits per heavy atom. The number of hydrogen-bond donors (Lipinski definition) is 3. The summed E-state index contributed by atoms with van der Waals surface area (Å²) in [6.45, 7) is 1.68. The van der Waals surface area contributed by atoms with Gasteiger partial charge < -0.3 is 10.6 Å². The maximum atomic E-state index is 5.71. The maximum absolute atomic E-state index is 5.71. The summed E-state index contributed by atoms with van der Waals surface area (Å²) < 4.78 is 0. The molecule has 0 fully saturated rings. The number of nitrogen functional groups attached to an aromatic ring is 1. The van der Waals surface area contributed by atoms with Crippen LogP contribution in [0, 0.1) is 0 Å². The molecule has 0 spiro atoms. The first-order valence-electron chi connectivity index (χ1n) is 4.44. The van der Waals surface area contributed by atoms with E-state index in [1.807, 2.05) is 14.1 Å². The van der Waals surface area contributed by atoms with Gasteiger partial charge in [-0.1, -0.05) is 0 Å². The zero-order chi connectivity index (χ0) is 10.6. The van der Waals surface area contributed by atoms with Crippen LogP contribution in [0.15, 0.2) is 0 Å². The van der Waals surface area contributed by atoms with Gasteiger partial charge in [0.15, 0.2) is 0 Å². The molecule has 0 aliphatic rings. The van der Waals surface area contributed by atoms with Crippen molar-refractivity contribution in [2.24, 2.45) is 5.84 Å². The predicted molar refractivity (Wildman–Crippen MR) is 55.5 cm³/mol. The summed E-state index contributed by atoms with van der Waals surface area (Å²) in [5.74, 6) is 6.42. The molecule has 7 heteroatoms. The average Bonchev–Trinajstić information content (AvgIpc) is 2.51. The normalized spacial score (nSPS) is 10.9. The van der Waals surface area contributed by atoms with Gasteiger partial charge in [-0.15, -0.1) is 5.10 Å². The van der Waals surface area contributed by atoms with Crippen LogP contribution in [-0.2, 0) is 0 Å². The van der Waals surface area contributed by atoms with Crippen molar-refractivity contribution in [3.63, 3.8) is 0 Å². The topological polar surface area (TPSA) is 100 Å². The van der Waals surface area contributed by atoms with Gasteiger partial charge in [0.25, 0.3) is 5.95 Å². The molecule has 0 saturated heterocycles. The van der Waals surface area contributed by atoms with Crippen molar-refractivity contribution in [2.75, 3.05) is 37.9 Å².